The number of nitrogens with zero attached hydrogens (tertiary/aromatic N) is 2. The van der Waals surface area contributed by atoms with Gasteiger partial charge in [-0.2, -0.15) is 5.10 Å². The lowest BCUT2D eigenvalue weighted by Gasteiger charge is -2.11. The van der Waals surface area contributed by atoms with Crippen molar-refractivity contribution < 1.29 is 9.84 Å². The second-order valence-electron chi connectivity index (χ2n) is 4.52. The Kier molecular flexibility index (Phi) is 7.64. The Labute approximate surface area is 109 Å². The SMILES string of the molecule is CCCCOCC(O)CNCCc1ccn(C)n1. The fourth-order valence-electron chi connectivity index (χ4n) is 1.61. The number of hydrogen-bond acceptors (Lipinski definition) is 4. The molecule has 0 saturated carbocycles. The molecule has 5 nitrogen and oxygen atoms in total. The first-order valence-corrected chi connectivity index (χ1v) is 6.67. The van der Waals surface area contributed by atoms with E-state index in [2.05, 4.69) is 17.3 Å². The summed E-state index contributed by atoms with van der Waals surface area (Å²) in [5, 5.41) is 17.1. The third kappa shape index (κ3) is 6.74. The zero-order chi connectivity index (χ0) is 13.2. The van der Waals surface area contributed by atoms with Gasteiger partial charge in [0.2, 0.25) is 0 Å². The fraction of sp³-hybridized carbons (Fsp3) is 0.769. The van der Waals surface area contributed by atoms with Crippen LogP contribution >= 0.6 is 0 Å². The number of ether oxygens (including phenoxy) is 1. The average Bonchev–Trinajstić information content (AvgIpc) is 2.76. The van der Waals surface area contributed by atoms with Crippen LogP contribution in [0.25, 0.3) is 0 Å². The highest BCUT2D eigenvalue weighted by atomic mass is 16.5. The average molecular weight is 255 g/mol. The van der Waals surface area contributed by atoms with Gasteiger partial charge in [-0.05, 0) is 12.5 Å². The molecule has 1 unspecified atom stereocenters. The molecular weight excluding hydrogens is 230 g/mol. The van der Waals surface area contributed by atoms with Crippen LogP contribution < -0.4 is 5.32 Å². The highest BCUT2D eigenvalue weighted by molar-refractivity contribution is 4.98. The van der Waals surface area contributed by atoms with Gasteiger partial charge in [-0.25, -0.2) is 0 Å². The van der Waals surface area contributed by atoms with Gasteiger partial charge >= 0.3 is 0 Å². The van der Waals surface area contributed by atoms with Gasteiger partial charge in [0.05, 0.1) is 18.4 Å². The van der Waals surface area contributed by atoms with Crippen LogP contribution in [0.5, 0.6) is 0 Å². The van der Waals surface area contributed by atoms with E-state index in [0.29, 0.717) is 13.2 Å². The Morgan fingerprint density at radius 2 is 2.39 bits per heavy atom. The third-order valence-corrected chi connectivity index (χ3v) is 2.66. The van der Waals surface area contributed by atoms with Crippen LogP contribution in [-0.2, 0) is 18.2 Å². The number of aliphatic hydroxyl groups excluding tert-OH is 1. The van der Waals surface area contributed by atoms with E-state index in [1.807, 2.05) is 19.3 Å². The summed E-state index contributed by atoms with van der Waals surface area (Å²) in [6, 6.07) is 2.01. The van der Waals surface area contributed by atoms with Gasteiger partial charge in [0.15, 0.2) is 0 Å². The predicted octanol–water partition coefficient (Wildman–Crippen LogP) is 0.730. The van der Waals surface area contributed by atoms with Gasteiger partial charge in [-0.15, -0.1) is 0 Å². The van der Waals surface area contributed by atoms with Gasteiger partial charge in [-0.3, -0.25) is 4.68 Å². The van der Waals surface area contributed by atoms with Crippen molar-refractivity contribution in [2.45, 2.75) is 32.3 Å². The monoisotopic (exact) mass is 255 g/mol. The minimum absolute atomic E-state index is 0.413. The Balaban J connectivity index is 1.96. The normalized spacial score (nSPS) is 12.8. The molecule has 0 aliphatic heterocycles. The van der Waals surface area contributed by atoms with Crippen molar-refractivity contribution in [2.75, 3.05) is 26.3 Å². The summed E-state index contributed by atoms with van der Waals surface area (Å²) in [4.78, 5) is 0. The molecule has 0 aromatic carbocycles. The maximum absolute atomic E-state index is 9.64. The Bertz CT molecular complexity index is 315. The van der Waals surface area contributed by atoms with Crippen molar-refractivity contribution in [1.29, 1.82) is 0 Å². The quantitative estimate of drug-likeness (QED) is 0.605. The molecule has 0 aliphatic carbocycles. The highest BCUT2D eigenvalue weighted by Gasteiger charge is 2.03. The van der Waals surface area contributed by atoms with Crippen LogP contribution in [0.3, 0.4) is 0 Å². The van der Waals surface area contributed by atoms with Crippen molar-refractivity contribution in [3.05, 3.63) is 18.0 Å². The second kappa shape index (κ2) is 9.08. The number of nitrogens with one attached hydrogen (secondary N) is 1. The lowest BCUT2D eigenvalue weighted by Crippen LogP contribution is -2.31. The van der Waals surface area contributed by atoms with Gasteiger partial charge in [0, 0.05) is 39.4 Å². The molecule has 104 valence electrons. The lowest BCUT2D eigenvalue weighted by molar-refractivity contribution is 0.0360. The topological polar surface area (TPSA) is 59.3 Å². The molecule has 1 aromatic rings. The molecule has 0 amide bonds. The molecule has 0 saturated heterocycles. The van der Waals surface area contributed by atoms with E-state index in [9.17, 15) is 5.11 Å². The standard InChI is InChI=1S/C13H25N3O2/c1-3-4-9-18-11-13(17)10-14-7-5-12-6-8-16(2)15-12/h6,8,13-14,17H,3-5,7,9-11H2,1-2H3. The van der Waals surface area contributed by atoms with Crippen molar-refractivity contribution >= 4 is 0 Å². The maximum Gasteiger partial charge on any atom is 0.0897 e. The van der Waals surface area contributed by atoms with Gasteiger partial charge in [0.1, 0.15) is 0 Å². The highest BCUT2D eigenvalue weighted by Crippen LogP contribution is 1.94. The zero-order valence-corrected chi connectivity index (χ0v) is 11.4. The van der Waals surface area contributed by atoms with E-state index in [4.69, 9.17) is 4.74 Å². The summed E-state index contributed by atoms with van der Waals surface area (Å²) in [7, 11) is 1.91. The fourth-order valence-corrected chi connectivity index (χ4v) is 1.61. The Hall–Kier alpha value is -0.910. The minimum atomic E-state index is -0.425. The molecule has 1 atom stereocenters. The molecule has 2 N–H and O–H groups in total. The zero-order valence-electron chi connectivity index (χ0n) is 11.4. The summed E-state index contributed by atoms with van der Waals surface area (Å²) in [6.45, 7) is 4.67. The molecule has 0 radical (unpaired) electrons. The van der Waals surface area contributed by atoms with E-state index < -0.39 is 6.10 Å². The van der Waals surface area contributed by atoms with Crippen molar-refractivity contribution in [2.24, 2.45) is 7.05 Å². The van der Waals surface area contributed by atoms with Crippen LogP contribution in [0.1, 0.15) is 25.5 Å². The van der Waals surface area contributed by atoms with Crippen LogP contribution in [-0.4, -0.2) is 47.3 Å². The molecule has 18 heavy (non-hydrogen) atoms. The van der Waals surface area contributed by atoms with Gasteiger partial charge in [0.25, 0.3) is 0 Å². The van der Waals surface area contributed by atoms with E-state index in [0.717, 1.165) is 38.1 Å². The van der Waals surface area contributed by atoms with Crippen LogP contribution in [0.4, 0.5) is 0 Å². The van der Waals surface area contributed by atoms with Gasteiger partial charge in [-0.1, -0.05) is 13.3 Å². The molecule has 0 aliphatic rings. The summed E-state index contributed by atoms with van der Waals surface area (Å²) in [6.07, 6.45) is 4.57. The molecule has 5 heteroatoms. The summed E-state index contributed by atoms with van der Waals surface area (Å²) < 4.78 is 7.15. The molecule has 1 rings (SSSR count). The number of hydrogen-bond donors (Lipinski definition) is 2. The van der Waals surface area contributed by atoms with Crippen LogP contribution in [0.15, 0.2) is 12.3 Å². The summed E-state index contributed by atoms with van der Waals surface area (Å²) in [5.74, 6) is 0. The number of aryl methyl sites for hydroxylation is 1. The predicted molar refractivity (Wildman–Crippen MR) is 71.5 cm³/mol. The molecule has 0 spiro atoms. The smallest absolute Gasteiger partial charge is 0.0897 e. The van der Waals surface area contributed by atoms with Crippen molar-refractivity contribution in [3.8, 4) is 0 Å². The lowest BCUT2D eigenvalue weighted by atomic mass is 10.3. The molecule has 1 aromatic heterocycles. The number of aliphatic hydroxyl groups is 1. The molecule has 0 fully saturated rings. The Morgan fingerprint density at radius 1 is 1.56 bits per heavy atom. The first kappa shape index (κ1) is 15.1. The second-order valence-corrected chi connectivity index (χ2v) is 4.52. The van der Waals surface area contributed by atoms with Crippen LogP contribution in [0.2, 0.25) is 0 Å². The van der Waals surface area contributed by atoms with Crippen molar-refractivity contribution in [1.82, 2.24) is 15.1 Å². The van der Waals surface area contributed by atoms with E-state index in [-0.39, 0.29) is 0 Å². The summed E-state index contributed by atoms with van der Waals surface area (Å²) in [5.41, 5.74) is 1.07. The number of aromatic nitrogens is 2. The molecule has 0 bridgehead atoms. The molecular formula is C13H25N3O2. The first-order chi connectivity index (χ1) is 8.72. The van der Waals surface area contributed by atoms with E-state index in [1.54, 1.807) is 4.68 Å². The first-order valence-electron chi connectivity index (χ1n) is 6.67. The van der Waals surface area contributed by atoms with Crippen LogP contribution in [0, 0.1) is 0 Å². The summed E-state index contributed by atoms with van der Waals surface area (Å²) >= 11 is 0. The van der Waals surface area contributed by atoms with Gasteiger partial charge < -0.3 is 15.2 Å². The maximum atomic E-state index is 9.64. The number of rotatable bonds is 10. The van der Waals surface area contributed by atoms with E-state index in [1.165, 1.54) is 0 Å². The minimum Gasteiger partial charge on any atom is -0.389 e. The third-order valence-electron chi connectivity index (χ3n) is 2.66. The van der Waals surface area contributed by atoms with E-state index >= 15 is 0 Å². The largest absolute Gasteiger partial charge is 0.389 e. The van der Waals surface area contributed by atoms with Crippen molar-refractivity contribution in [3.63, 3.8) is 0 Å². The molecule has 1 heterocycles. The Morgan fingerprint density at radius 3 is 3.06 bits per heavy atom. The number of unbranched alkanes of at least 4 members (excludes halogenated alkanes) is 1.